The topological polar surface area (TPSA) is 64.5 Å². The molecule has 2 heterocycles. The van der Waals surface area contributed by atoms with E-state index in [1.807, 2.05) is 103 Å². The van der Waals surface area contributed by atoms with Crippen LogP contribution in [0.1, 0.15) is 0 Å². The number of nitrogens with zero attached hydrogens (tertiary/aromatic N) is 5. The van der Waals surface area contributed by atoms with Gasteiger partial charge in [-0.3, -0.25) is 0 Å². The predicted molar refractivity (Wildman–Crippen MR) is 219 cm³/mol. The second kappa shape index (κ2) is 14.7. The lowest BCUT2D eigenvalue weighted by Crippen LogP contribution is -2.01. The highest BCUT2D eigenvalue weighted by Crippen LogP contribution is 2.41. The van der Waals surface area contributed by atoms with Crippen molar-refractivity contribution < 1.29 is 0 Å². The summed E-state index contributed by atoms with van der Waals surface area (Å²) < 4.78 is 0. The zero-order valence-electron chi connectivity index (χ0n) is 29.3. The molecule has 7 aromatic carbocycles. The molecule has 54 heavy (non-hydrogen) atoms. The fourth-order valence-electron chi connectivity index (χ4n) is 6.79. The number of hydrogen-bond acceptors (Lipinski definition) is 5. The number of hydrogen-bond donors (Lipinski definition) is 0. The van der Waals surface area contributed by atoms with Crippen molar-refractivity contribution in [1.82, 2.24) is 24.9 Å². The van der Waals surface area contributed by atoms with Crippen LogP contribution >= 0.6 is 0 Å². The van der Waals surface area contributed by atoms with Gasteiger partial charge in [-0.1, -0.05) is 194 Å². The molecular weight excluding hydrogens is 659 g/mol. The zero-order valence-corrected chi connectivity index (χ0v) is 29.3. The minimum absolute atomic E-state index is 0.609. The lowest BCUT2D eigenvalue weighted by Gasteiger charge is -2.17. The molecule has 0 fully saturated rings. The van der Waals surface area contributed by atoms with E-state index in [1.54, 1.807) is 0 Å². The highest BCUT2D eigenvalue weighted by Gasteiger charge is 2.20. The molecule has 254 valence electrons. The molecule has 0 N–H and O–H groups in total. The third kappa shape index (κ3) is 6.58. The Kier molecular flexibility index (Phi) is 8.86. The monoisotopic (exact) mass is 691 g/mol. The first kappa shape index (κ1) is 32.5. The van der Waals surface area contributed by atoms with E-state index in [4.69, 9.17) is 24.9 Å². The van der Waals surface area contributed by atoms with Crippen molar-refractivity contribution in [3.05, 3.63) is 200 Å². The van der Waals surface area contributed by atoms with Crippen molar-refractivity contribution >= 4 is 0 Å². The smallest absolute Gasteiger partial charge is 0.164 e. The molecule has 9 rings (SSSR count). The molecule has 0 saturated carbocycles. The van der Waals surface area contributed by atoms with Gasteiger partial charge in [0.25, 0.3) is 0 Å². The summed E-state index contributed by atoms with van der Waals surface area (Å²) in [5, 5.41) is 0. The van der Waals surface area contributed by atoms with Crippen LogP contribution in [0.2, 0.25) is 0 Å². The van der Waals surface area contributed by atoms with Gasteiger partial charge in [0, 0.05) is 33.4 Å². The third-order valence-corrected chi connectivity index (χ3v) is 9.41. The van der Waals surface area contributed by atoms with E-state index < -0.39 is 0 Å². The fourth-order valence-corrected chi connectivity index (χ4v) is 6.79. The highest BCUT2D eigenvalue weighted by molar-refractivity contribution is 5.95. The van der Waals surface area contributed by atoms with Crippen molar-refractivity contribution in [3.63, 3.8) is 0 Å². The number of benzene rings is 7. The summed E-state index contributed by atoms with van der Waals surface area (Å²) in [5.74, 6) is 2.54. The van der Waals surface area contributed by atoms with Gasteiger partial charge in [-0.15, -0.1) is 0 Å². The second-order valence-electron chi connectivity index (χ2n) is 12.9. The minimum Gasteiger partial charge on any atom is -0.228 e. The lowest BCUT2D eigenvalue weighted by atomic mass is 9.88. The Morgan fingerprint density at radius 1 is 0.204 bits per heavy atom. The average Bonchev–Trinajstić information content (AvgIpc) is 3.27. The minimum atomic E-state index is 0.609. The summed E-state index contributed by atoms with van der Waals surface area (Å²) >= 11 is 0. The van der Waals surface area contributed by atoms with Crippen LogP contribution in [-0.4, -0.2) is 24.9 Å². The summed E-state index contributed by atoms with van der Waals surface area (Å²) in [6.07, 6.45) is 0. The van der Waals surface area contributed by atoms with E-state index in [9.17, 15) is 0 Å². The Morgan fingerprint density at radius 3 is 0.963 bits per heavy atom. The molecule has 5 heteroatoms. The van der Waals surface area contributed by atoms with E-state index in [0.29, 0.717) is 23.3 Å². The van der Waals surface area contributed by atoms with Gasteiger partial charge in [0.1, 0.15) is 0 Å². The van der Waals surface area contributed by atoms with Gasteiger partial charge in [-0.2, -0.15) is 0 Å². The Hall–Kier alpha value is -7.37. The van der Waals surface area contributed by atoms with E-state index in [1.165, 1.54) is 0 Å². The quantitative estimate of drug-likeness (QED) is 0.159. The molecule has 0 atom stereocenters. The summed E-state index contributed by atoms with van der Waals surface area (Å²) in [7, 11) is 0. The van der Waals surface area contributed by atoms with E-state index >= 15 is 0 Å². The van der Waals surface area contributed by atoms with Gasteiger partial charge >= 0.3 is 0 Å². The first-order valence-corrected chi connectivity index (χ1v) is 17.9. The molecule has 0 radical (unpaired) electrons. The first-order chi connectivity index (χ1) is 26.8. The molecule has 0 aliphatic rings. The molecule has 0 aliphatic carbocycles. The molecule has 0 spiro atoms. The van der Waals surface area contributed by atoms with Gasteiger partial charge in [0.05, 0.1) is 11.4 Å². The van der Waals surface area contributed by atoms with E-state index in [-0.39, 0.29) is 0 Å². The Balaban J connectivity index is 1.22. The summed E-state index contributed by atoms with van der Waals surface area (Å²) in [4.78, 5) is 25.3. The van der Waals surface area contributed by atoms with Crippen LogP contribution in [-0.2, 0) is 0 Å². The van der Waals surface area contributed by atoms with E-state index in [0.717, 1.165) is 67.0 Å². The van der Waals surface area contributed by atoms with Crippen LogP contribution in [0, 0.1) is 0 Å². The first-order valence-electron chi connectivity index (χ1n) is 17.9. The largest absolute Gasteiger partial charge is 0.228 e. The van der Waals surface area contributed by atoms with Gasteiger partial charge < -0.3 is 0 Å². The van der Waals surface area contributed by atoms with Crippen LogP contribution in [0.3, 0.4) is 0 Å². The van der Waals surface area contributed by atoms with Crippen LogP contribution in [0.25, 0.3) is 90.3 Å². The molecule has 0 aliphatic heterocycles. The van der Waals surface area contributed by atoms with Gasteiger partial charge in [0.2, 0.25) is 0 Å². The SMILES string of the molecule is c1ccc(-c2cc(-c3ccccc3-c3ccccc3-c3ccccc3-c3nc(-c4ccccc4)nc(-c4ccccc4)n3)nc(-c3ccccc3)n2)cc1. The fraction of sp³-hybridized carbons (Fsp3) is 0. The van der Waals surface area contributed by atoms with Crippen molar-refractivity contribution in [2.45, 2.75) is 0 Å². The Labute approximate surface area is 314 Å². The van der Waals surface area contributed by atoms with Crippen molar-refractivity contribution in [1.29, 1.82) is 0 Å². The third-order valence-electron chi connectivity index (χ3n) is 9.41. The Bertz CT molecular complexity index is 2390. The zero-order chi connectivity index (χ0) is 36.1. The maximum atomic E-state index is 5.19. The maximum Gasteiger partial charge on any atom is 0.164 e. The summed E-state index contributed by atoms with van der Waals surface area (Å²) in [6, 6.07) is 68.1. The molecule has 0 unspecified atom stereocenters. The van der Waals surface area contributed by atoms with E-state index in [2.05, 4.69) is 97.1 Å². The Morgan fingerprint density at radius 2 is 0.500 bits per heavy atom. The van der Waals surface area contributed by atoms with Gasteiger partial charge in [0.15, 0.2) is 23.3 Å². The predicted octanol–water partition coefficient (Wildman–Crippen LogP) is 12.0. The van der Waals surface area contributed by atoms with Crippen LogP contribution in [0.5, 0.6) is 0 Å². The van der Waals surface area contributed by atoms with Crippen molar-refractivity contribution in [3.8, 4) is 90.3 Å². The molecule has 5 nitrogen and oxygen atoms in total. The van der Waals surface area contributed by atoms with Gasteiger partial charge in [-0.05, 0) is 28.3 Å². The van der Waals surface area contributed by atoms with Crippen molar-refractivity contribution in [2.75, 3.05) is 0 Å². The summed E-state index contributed by atoms with van der Waals surface area (Å²) in [5.41, 5.74) is 11.7. The number of aromatic nitrogens is 5. The van der Waals surface area contributed by atoms with Crippen molar-refractivity contribution in [2.24, 2.45) is 0 Å². The average molecular weight is 692 g/mol. The molecular formula is C49H33N5. The molecule has 0 amide bonds. The molecule has 0 saturated heterocycles. The highest BCUT2D eigenvalue weighted by atomic mass is 15.0. The number of rotatable bonds is 8. The van der Waals surface area contributed by atoms with Gasteiger partial charge in [-0.25, -0.2) is 24.9 Å². The molecule has 9 aromatic rings. The molecule has 2 aromatic heterocycles. The van der Waals surface area contributed by atoms with Crippen LogP contribution < -0.4 is 0 Å². The van der Waals surface area contributed by atoms with Crippen LogP contribution in [0.15, 0.2) is 200 Å². The van der Waals surface area contributed by atoms with Crippen LogP contribution in [0.4, 0.5) is 0 Å². The normalized spacial score (nSPS) is 11.0. The standard InChI is InChI=1S/C49H33N5/c1-5-19-34(20-6-1)44-33-45(51-46(50-44)35-21-7-2-8-22-35)42-31-17-15-29-40(42)38-27-13-14-28-39(38)41-30-16-18-32-43(41)49-53-47(36-23-9-3-10-24-36)52-48(54-49)37-25-11-4-12-26-37/h1-33H. The molecule has 0 bridgehead atoms. The second-order valence-corrected chi connectivity index (χ2v) is 12.9. The summed E-state index contributed by atoms with van der Waals surface area (Å²) in [6.45, 7) is 0. The lowest BCUT2D eigenvalue weighted by molar-refractivity contribution is 1.07. The maximum absolute atomic E-state index is 5.19.